The normalized spacial score (nSPS) is 11.4. The first-order valence-electron chi connectivity index (χ1n) is 11.5. The summed E-state index contributed by atoms with van der Waals surface area (Å²) in [5.41, 5.74) is 2.31. The fraction of sp³-hybridized carbons (Fsp3) is 0.103. The lowest BCUT2D eigenvalue weighted by atomic mass is 10.1. The van der Waals surface area contributed by atoms with E-state index in [0.29, 0.717) is 36.5 Å². The van der Waals surface area contributed by atoms with Gasteiger partial charge in [0.2, 0.25) is 6.54 Å². The van der Waals surface area contributed by atoms with Crippen molar-refractivity contribution in [2.24, 2.45) is 0 Å². The summed E-state index contributed by atoms with van der Waals surface area (Å²) in [6.45, 7) is 7.59. The van der Waals surface area contributed by atoms with E-state index in [-0.39, 0.29) is 6.54 Å². The predicted molar refractivity (Wildman–Crippen MR) is 141 cm³/mol. The van der Waals surface area contributed by atoms with Crippen molar-refractivity contribution in [1.29, 1.82) is 0 Å². The third-order valence-electron chi connectivity index (χ3n) is 5.65. The Hall–Kier alpha value is -4.55. The van der Waals surface area contributed by atoms with Gasteiger partial charge in [-0.2, -0.15) is 0 Å². The highest BCUT2D eigenvalue weighted by atomic mass is 32.2. The number of halogens is 2. The minimum absolute atomic E-state index is 0.151. The number of fused-ring (bicyclic) bond motifs is 1. The fourth-order valence-corrected chi connectivity index (χ4v) is 4.70. The van der Waals surface area contributed by atoms with E-state index in [0.717, 1.165) is 34.0 Å². The van der Waals surface area contributed by atoms with Gasteiger partial charge in [-0.25, -0.2) is 28.5 Å². The molecule has 1 amide bonds. The molecule has 0 aliphatic carbocycles. The molecule has 9 heteroatoms. The van der Waals surface area contributed by atoms with E-state index in [4.69, 9.17) is 11.3 Å². The summed E-state index contributed by atoms with van der Waals surface area (Å²) < 4.78 is 59.0. The van der Waals surface area contributed by atoms with E-state index in [1.807, 2.05) is 36.4 Å². The van der Waals surface area contributed by atoms with Gasteiger partial charge in [0.05, 0.1) is 11.5 Å². The van der Waals surface area contributed by atoms with E-state index in [2.05, 4.69) is 10.9 Å². The van der Waals surface area contributed by atoms with Crippen LogP contribution in [0.2, 0.25) is 0 Å². The van der Waals surface area contributed by atoms with Crippen LogP contribution >= 0.6 is 0 Å². The first-order chi connectivity index (χ1) is 18.2. The Bertz CT molecular complexity index is 1680. The van der Waals surface area contributed by atoms with Gasteiger partial charge in [-0.3, -0.25) is 4.79 Å². The molecular formula is C29H22F2N2O4S. The minimum Gasteiger partial charge on any atom is -0.493 e. The van der Waals surface area contributed by atoms with E-state index in [1.54, 1.807) is 22.9 Å². The average Bonchev–Trinajstić information content (AvgIpc) is 2.89. The van der Waals surface area contributed by atoms with Gasteiger partial charge in [0, 0.05) is 23.6 Å². The van der Waals surface area contributed by atoms with Crippen LogP contribution in [0.5, 0.6) is 5.75 Å². The Balaban J connectivity index is 1.47. The molecule has 0 fully saturated rings. The number of nitrogens with zero attached hydrogens (tertiary/aromatic N) is 1. The molecule has 0 aliphatic rings. The Morgan fingerprint density at radius 2 is 1.68 bits per heavy atom. The molecule has 0 spiro atoms. The van der Waals surface area contributed by atoms with Gasteiger partial charge in [0.1, 0.15) is 5.75 Å². The van der Waals surface area contributed by atoms with Crippen LogP contribution < -0.4 is 9.46 Å². The van der Waals surface area contributed by atoms with Gasteiger partial charge in [0.25, 0.3) is 15.9 Å². The minimum atomic E-state index is -4.41. The van der Waals surface area contributed by atoms with Crippen molar-refractivity contribution in [2.45, 2.75) is 17.9 Å². The molecule has 0 saturated carbocycles. The molecule has 0 heterocycles. The lowest BCUT2D eigenvalue weighted by Crippen LogP contribution is -2.29. The van der Waals surface area contributed by atoms with Crippen LogP contribution in [0.1, 0.15) is 16.7 Å². The first kappa shape index (κ1) is 26.5. The smallest absolute Gasteiger partial charge is 0.264 e. The summed E-state index contributed by atoms with van der Waals surface area (Å²) >= 11 is 0. The number of hydrogen-bond donors (Lipinski definition) is 1. The molecule has 6 nitrogen and oxygen atoms in total. The van der Waals surface area contributed by atoms with E-state index in [1.165, 1.54) is 6.08 Å². The molecule has 0 atom stereocenters. The van der Waals surface area contributed by atoms with Crippen molar-refractivity contribution >= 4 is 32.8 Å². The molecule has 38 heavy (non-hydrogen) atoms. The number of carbonyl (C=O) groups is 1. The van der Waals surface area contributed by atoms with Gasteiger partial charge in [-0.15, -0.1) is 0 Å². The van der Waals surface area contributed by atoms with Crippen LogP contribution in [-0.4, -0.2) is 20.9 Å². The second kappa shape index (κ2) is 11.7. The van der Waals surface area contributed by atoms with E-state index >= 15 is 0 Å². The standard InChI is InChI=1S/C29H22F2N2O4S/c1-32-19-21-7-9-23(10-13-29(34)33-38(35,36)25-11-12-26(30)27(31)18-25)28(17-21)37-15-14-20-6-8-22-4-2-3-5-24(22)16-20/h2-13,16-18H,14-15,19H2,(H,33,34). The zero-order chi connectivity index (χ0) is 27.1. The summed E-state index contributed by atoms with van der Waals surface area (Å²) in [6, 6.07) is 21.3. The molecule has 192 valence electrons. The quantitative estimate of drug-likeness (QED) is 0.222. The monoisotopic (exact) mass is 532 g/mol. The molecule has 0 radical (unpaired) electrons. The number of benzene rings is 4. The zero-order valence-electron chi connectivity index (χ0n) is 20.0. The molecule has 0 aliphatic heterocycles. The third-order valence-corrected chi connectivity index (χ3v) is 7.00. The molecule has 0 bridgehead atoms. The number of ether oxygens (including phenoxy) is 1. The second-order valence-electron chi connectivity index (χ2n) is 8.35. The topological polar surface area (TPSA) is 76.8 Å². The molecule has 4 aromatic rings. The number of sulfonamides is 1. The predicted octanol–water partition coefficient (Wildman–Crippen LogP) is 5.68. The van der Waals surface area contributed by atoms with E-state index < -0.39 is 32.5 Å². The van der Waals surface area contributed by atoms with Crippen LogP contribution in [0.3, 0.4) is 0 Å². The molecule has 4 aromatic carbocycles. The summed E-state index contributed by atoms with van der Waals surface area (Å²) in [5.74, 6) is -3.10. The highest BCUT2D eigenvalue weighted by molar-refractivity contribution is 7.90. The van der Waals surface area contributed by atoms with Gasteiger partial charge >= 0.3 is 0 Å². The number of hydrogen-bond acceptors (Lipinski definition) is 4. The summed E-state index contributed by atoms with van der Waals surface area (Å²) in [6.07, 6.45) is 2.99. The van der Waals surface area contributed by atoms with Gasteiger partial charge in [0.15, 0.2) is 11.6 Å². The summed E-state index contributed by atoms with van der Waals surface area (Å²) in [7, 11) is -4.41. The maximum absolute atomic E-state index is 13.4. The van der Waals surface area contributed by atoms with Crippen molar-refractivity contribution in [3.8, 4) is 5.75 Å². The fourth-order valence-electron chi connectivity index (χ4n) is 3.74. The molecule has 1 N–H and O–H groups in total. The van der Waals surface area contributed by atoms with Crippen molar-refractivity contribution in [3.63, 3.8) is 0 Å². The van der Waals surface area contributed by atoms with E-state index in [9.17, 15) is 22.0 Å². The first-order valence-corrected chi connectivity index (χ1v) is 13.0. The van der Waals surface area contributed by atoms with Crippen LogP contribution in [0.4, 0.5) is 8.78 Å². The lowest BCUT2D eigenvalue weighted by molar-refractivity contribution is -0.114. The number of rotatable bonds is 9. The third kappa shape index (κ3) is 6.60. The SMILES string of the molecule is [C-]#[N+]Cc1ccc(C=CC(=O)NS(=O)(=O)c2ccc(F)c(F)c2)c(OCCc2ccc3ccccc3c2)c1. The number of amides is 1. The number of carbonyl (C=O) groups excluding carboxylic acids is 1. The van der Waals surface area contributed by atoms with Crippen LogP contribution in [0.15, 0.2) is 89.8 Å². The molecule has 4 rings (SSSR count). The van der Waals surface area contributed by atoms with Gasteiger partial charge in [-0.1, -0.05) is 54.6 Å². The summed E-state index contributed by atoms with van der Waals surface area (Å²) in [4.78, 5) is 15.1. The van der Waals surface area contributed by atoms with Crippen LogP contribution in [0, 0.1) is 18.2 Å². The van der Waals surface area contributed by atoms with Crippen molar-refractivity contribution in [2.75, 3.05) is 6.61 Å². The maximum Gasteiger partial charge on any atom is 0.264 e. The molecule has 0 unspecified atom stereocenters. The molecule has 0 aromatic heterocycles. The highest BCUT2D eigenvalue weighted by Crippen LogP contribution is 2.24. The van der Waals surface area contributed by atoms with Crippen molar-refractivity contribution < 1.29 is 26.7 Å². The van der Waals surface area contributed by atoms with Gasteiger partial charge < -0.3 is 9.58 Å². The van der Waals surface area contributed by atoms with Crippen LogP contribution in [-0.2, 0) is 27.8 Å². The number of nitrogens with one attached hydrogen (secondary N) is 1. The zero-order valence-corrected chi connectivity index (χ0v) is 20.8. The summed E-state index contributed by atoms with van der Waals surface area (Å²) in [5, 5.41) is 2.26. The lowest BCUT2D eigenvalue weighted by Gasteiger charge is -2.11. The second-order valence-corrected chi connectivity index (χ2v) is 10.0. The van der Waals surface area contributed by atoms with Crippen molar-refractivity contribution in [3.05, 3.63) is 125 Å². The Kier molecular flexibility index (Phi) is 8.14. The Morgan fingerprint density at radius 1 is 0.921 bits per heavy atom. The maximum atomic E-state index is 13.4. The molecule has 0 saturated heterocycles. The Labute approximate surface area is 219 Å². The van der Waals surface area contributed by atoms with Gasteiger partial charge in [-0.05, 0) is 46.7 Å². The Morgan fingerprint density at radius 3 is 2.45 bits per heavy atom. The average molecular weight is 533 g/mol. The largest absolute Gasteiger partial charge is 0.493 e. The molecular weight excluding hydrogens is 510 g/mol. The van der Waals surface area contributed by atoms with Crippen molar-refractivity contribution in [1.82, 2.24) is 4.72 Å². The highest BCUT2D eigenvalue weighted by Gasteiger charge is 2.18. The van der Waals surface area contributed by atoms with Crippen LogP contribution in [0.25, 0.3) is 21.7 Å².